The summed E-state index contributed by atoms with van der Waals surface area (Å²) < 4.78 is 63.7. The molecule has 0 N–H and O–H groups in total. The fraction of sp³-hybridized carbons (Fsp3) is 0.250. The maximum Gasteiger partial charge on any atom is 0.573 e. The van der Waals surface area contributed by atoms with E-state index in [9.17, 15) is 22.0 Å². The van der Waals surface area contributed by atoms with Crippen molar-refractivity contribution in [2.24, 2.45) is 0 Å². The summed E-state index contributed by atoms with van der Waals surface area (Å²) in [6.45, 7) is 0. The van der Waals surface area contributed by atoms with Crippen molar-refractivity contribution >= 4 is 15.9 Å². The fourth-order valence-corrected chi connectivity index (χ4v) is 1.24. The molecule has 0 fully saturated rings. The lowest BCUT2D eigenvalue weighted by Crippen LogP contribution is -2.18. The zero-order valence-corrected chi connectivity index (χ0v) is 8.57. The highest BCUT2D eigenvalue weighted by Gasteiger charge is 2.33. The Morgan fingerprint density at radius 1 is 1.20 bits per heavy atom. The summed E-state index contributed by atoms with van der Waals surface area (Å²) in [6, 6.07) is 2.93. The molecule has 0 aliphatic rings. The Morgan fingerprint density at radius 2 is 1.80 bits per heavy atom. The van der Waals surface area contributed by atoms with Crippen molar-refractivity contribution in [1.82, 2.24) is 0 Å². The predicted octanol–water partition coefficient (Wildman–Crippen LogP) is 4.29. The van der Waals surface area contributed by atoms with E-state index in [0.29, 0.717) is 0 Å². The average molecular weight is 291 g/mol. The van der Waals surface area contributed by atoms with E-state index < -0.39 is 24.1 Å². The normalized spacial score (nSPS) is 11.9. The minimum absolute atomic E-state index is 0.228. The molecular formula is C8H4BrF5O. The Morgan fingerprint density at radius 3 is 2.27 bits per heavy atom. The van der Waals surface area contributed by atoms with Crippen LogP contribution < -0.4 is 4.74 Å². The second-order valence-corrected chi connectivity index (χ2v) is 3.45. The molecule has 0 spiro atoms. The molecule has 7 heteroatoms. The number of benzene rings is 1. The molecule has 1 aromatic carbocycles. The van der Waals surface area contributed by atoms with Crippen LogP contribution in [0.1, 0.15) is 12.0 Å². The molecular weight excluding hydrogens is 287 g/mol. The Hall–Kier alpha value is -0.850. The standard InChI is InChI=1S/C8H4BrF5O/c9-4-1-2-5(7(10)11)6(3-4)15-8(12,13)14/h1-3,7H. The van der Waals surface area contributed by atoms with E-state index >= 15 is 0 Å². The van der Waals surface area contributed by atoms with Crippen LogP contribution in [0.15, 0.2) is 22.7 Å². The van der Waals surface area contributed by atoms with E-state index in [4.69, 9.17) is 0 Å². The van der Waals surface area contributed by atoms with Crippen LogP contribution in [-0.4, -0.2) is 6.36 Å². The Bertz CT molecular complexity index is 349. The van der Waals surface area contributed by atoms with Gasteiger partial charge in [0.2, 0.25) is 0 Å². The number of ether oxygens (including phenoxy) is 1. The third-order valence-electron chi connectivity index (χ3n) is 1.44. The Labute approximate surface area is 90.0 Å². The van der Waals surface area contributed by atoms with Crippen LogP contribution >= 0.6 is 15.9 Å². The lowest BCUT2D eigenvalue weighted by molar-refractivity contribution is -0.275. The summed E-state index contributed by atoms with van der Waals surface area (Å²) in [7, 11) is 0. The topological polar surface area (TPSA) is 9.23 Å². The minimum atomic E-state index is -4.98. The Balaban J connectivity index is 3.08. The van der Waals surface area contributed by atoms with Crippen LogP contribution in [0.5, 0.6) is 5.75 Å². The van der Waals surface area contributed by atoms with Crippen molar-refractivity contribution in [3.63, 3.8) is 0 Å². The first-order chi connectivity index (χ1) is 6.79. The van der Waals surface area contributed by atoms with Gasteiger partial charge in [-0.15, -0.1) is 13.2 Å². The van der Waals surface area contributed by atoms with Crippen LogP contribution in [0.3, 0.4) is 0 Å². The molecule has 15 heavy (non-hydrogen) atoms. The van der Waals surface area contributed by atoms with Crippen LogP contribution in [0.2, 0.25) is 0 Å². The van der Waals surface area contributed by atoms with E-state index in [-0.39, 0.29) is 4.47 Å². The molecule has 0 bridgehead atoms. The van der Waals surface area contributed by atoms with Gasteiger partial charge in [-0.05, 0) is 18.2 Å². The molecule has 0 aliphatic carbocycles. The molecule has 0 radical (unpaired) electrons. The van der Waals surface area contributed by atoms with E-state index in [0.717, 1.165) is 12.1 Å². The molecule has 1 aromatic rings. The van der Waals surface area contributed by atoms with Crippen molar-refractivity contribution in [2.75, 3.05) is 0 Å². The summed E-state index contributed by atoms with van der Waals surface area (Å²) in [4.78, 5) is 0. The highest BCUT2D eigenvalue weighted by molar-refractivity contribution is 9.10. The van der Waals surface area contributed by atoms with Gasteiger partial charge in [0.1, 0.15) is 5.75 Å². The second kappa shape index (κ2) is 4.34. The number of hydrogen-bond donors (Lipinski definition) is 0. The van der Waals surface area contributed by atoms with Gasteiger partial charge < -0.3 is 4.74 Å². The first-order valence-corrected chi connectivity index (χ1v) is 4.42. The molecule has 0 atom stereocenters. The number of hydrogen-bond acceptors (Lipinski definition) is 1. The molecule has 0 aliphatic heterocycles. The smallest absolute Gasteiger partial charge is 0.405 e. The zero-order valence-electron chi connectivity index (χ0n) is 6.99. The minimum Gasteiger partial charge on any atom is -0.405 e. The van der Waals surface area contributed by atoms with Crippen LogP contribution in [0.4, 0.5) is 22.0 Å². The Kier molecular flexibility index (Phi) is 3.54. The molecule has 1 nitrogen and oxygen atoms in total. The van der Waals surface area contributed by atoms with E-state index in [2.05, 4.69) is 20.7 Å². The van der Waals surface area contributed by atoms with Gasteiger partial charge in [-0.2, -0.15) is 0 Å². The number of halogens is 6. The lowest BCUT2D eigenvalue weighted by Gasteiger charge is -2.12. The van der Waals surface area contributed by atoms with Crippen molar-refractivity contribution in [3.8, 4) is 5.75 Å². The van der Waals surface area contributed by atoms with E-state index in [1.54, 1.807) is 0 Å². The van der Waals surface area contributed by atoms with Gasteiger partial charge in [0, 0.05) is 4.47 Å². The molecule has 0 saturated heterocycles. The quantitative estimate of drug-likeness (QED) is 0.739. The molecule has 0 saturated carbocycles. The first-order valence-electron chi connectivity index (χ1n) is 3.63. The molecule has 0 heterocycles. The summed E-state index contributed by atoms with van der Waals surface area (Å²) in [5, 5.41) is 0. The van der Waals surface area contributed by atoms with Crippen LogP contribution in [0.25, 0.3) is 0 Å². The van der Waals surface area contributed by atoms with Gasteiger partial charge >= 0.3 is 6.36 Å². The predicted molar refractivity (Wildman–Crippen MR) is 45.8 cm³/mol. The van der Waals surface area contributed by atoms with E-state index in [1.807, 2.05) is 0 Å². The van der Waals surface area contributed by atoms with E-state index in [1.165, 1.54) is 6.07 Å². The molecule has 84 valence electrons. The first kappa shape index (κ1) is 12.2. The number of alkyl halides is 5. The second-order valence-electron chi connectivity index (χ2n) is 2.53. The van der Waals surface area contributed by atoms with Gasteiger partial charge in [-0.1, -0.05) is 15.9 Å². The van der Waals surface area contributed by atoms with Gasteiger partial charge in [0.05, 0.1) is 5.56 Å². The zero-order chi connectivity index (χ0) is 11.6. The monoisotopic (exact) mass is 290 g/mol. The highest BCUT2D eigenvalue weighted by atomic mass is 79.9. The van der Waals surface area contributed by atoms with Crippen molar-refractivity contribution in [2.45, 2.75) is 12.8 Å². The van der Waals surface area contributed by atoms with Gasteiger partial charge in [0.25, 0.3) is 6.43 Å². The van der Waals surface area contributed by atoms with Crippen LogP contribution in [-0.2, 0) is 0 Å². The van der Waals surface area contributed by atoms with Crippen molar-refractivity contribution in [3.05, 3.63) is 28.2 Å². The van der Waals surface area contributed by atoms with Crippen molar-refractivity contribution < 1.29 is 26.7 Å². The third kappa shape index (κ3) is 3.65. The number of rotatable bonds is 2. The maximum absolute atomic E-state index is 12.3. The molecule has 0 amide bonds. The highest BCUT2D eigenvalue weighted by Crippen LogP contribution is 2.34. The molecule has 0 aromatic heterocycles. The summed E-state index contributed by atoms with van der Waals surface area (Å²) in [5.41, 5.74) is -0.796. The van der Waals surface area contributed by atoms with Gasteiger partial charge in [-0.25, -0.2) is 8.78 Å². The summed E-state index contributed by atoms with van der Waals surface area (Å²) in [5.74, 6) is -0.896. The largest absolute Gasteiger partial charge is 0.573 e. The molecule has 0 unspecified atom stereocenters. The maximum atomic E-state index is 12.3. The SMILES string of the molecule is FC(F)c1ccc(Br)cc1OC(F)(F)F. The van der Waals surface area contributed by atoms with Crippen molar-refractivity contribution in [1.29, 1.82) is 0 Å². The molecule has 1 rings (SSSR count). The lowest BCUT2D eigenvalue weighted by atomic mass is 10.2. The summed E-state index contributed by atoms with van der Waals surface area (Å²) >= 11 is 2.86. The van der Waals surface area contributed by atoms with Gasteiger partial charge in [0.15, 0.2) is 0 Å². The van der Waals surface area contributed by atoms with Crippen LogP contribution in [0, 0.1) is 0 Å². The third-order valence-corrected chi connectivity index (χ3v) is 1.93. The average Bonchev–Trinajstić information content (AvgIpc) is 1.99. The fourth-order valence-electron chi connectivity index (χ4n) is 0.902. The van der Waals surface area contributed by atoms with Gasteiger partial charge in [-0.3, -0.25) is 0 Å². The summed E-state index contributed by atoms with van der Waals surface area (Å²) in [6.07, 6.45) is -8.00.